The fourth-order valence-corrected chi connectivity index (χ4v) is 3.14. The minimum absolute atomic E-state index is 0.112. The lowest BCUT2D eigenvalue weighted by Crippen LogP contribution is -2.28. The second kappa shape index (κ2) is 8.87. The molecule has 0 aliphatic carbocycles. The molecule has 0 radical (unpaired) electrons. The third-order valence-corrected chi connectivity index (χ3v) is 4.62. The highest BCUT2D eigenvalue weighted by Crippen LogP contribution is 2.16. The van der Waals surface area contributed by atoms with E-state index in [1.807, 2.05) is 19.9 Å². The molecule has 0 saturated carbocycles. The number of amides is 1. The van der Waals surface area contributed by atoms with Crippen molar-refractivity contribution in [1.82, 2.24) is 24.9 Å². The maximum Gasteiger partial charge on any atom is 0.306 e. The van der Waals surface area contributed by atoms with E-state index in [0.29, 0.717) is 23.8 Å². The molecular formula is C19H21ClN6O3. The molecule has 1 aromatic carbocycles. The molecule has 3 aromatic rings. The van der Waals surface area contributed by atoms with Gasteiger partial charge in [0.1, 0.15) is 0 Å². The third-order valence-electron chi connectivity index (χ3n) is 4.39. The molecule has 0 spiro atoms. The van der Waals surface area contributed by atoms with Crippen LogP contribution in [0.1, 0.15) is 28.9 Å². The first kappa shape index (κ1) is 20.5. The van der Waals surface area contributed by atoms with Gasteiger partial charge in [0.05, 0.1) is 0 Å². The Bertz CT molecular complexity index is 1070. The van der Waals surface area contributed by atoms with Crippen LogP contribution in [0, 0.1) is 13.8 Å². The second-order valence-corrected chi connectivity index (χ2v) is 6.95. The number of esters is 1. The topological polar surface area (TPSA) is 124 Å². The SMILES string of the molecule is Cc1nc2nc(N)nn2c(C)c1CCC(=O)OCC(=O)NCc1cccc(Cl)c1. The van der Waals surface area contributed by atoms with Crippen LogP contribution in [0.5, 0.6) is 0 Å². The highest BCUT2D eigenvalue weighted by molar-refractivity contribution is 6.30. The summed E-state index contributed by atoms with van der Waals surface area (Å²) in [7, 11) is 0. The van der Waals surface area contributed by atoms with Crippen LogP contribution in [0.2, 0.25) is 5.02 Å². The van der Waals surface area contributed by atoms with Crippen LogP contribution in [-0.4, -0.2) is 38.1 Å². The zero-order valence-electron chi connectivity index (χ0n) is 16.1. The van der Waals surface area contributed by atoms with Gasteiger partial charge in [0.25, 0.3) is 11.7 Å². The number of carbonyl (C=O) groups is 2. The average Bonchev–Trinajstić information content (AvgIpc) is 3.05. The third kappa shape index (κ3) is 5.20. The van der Waals surface area contributed by atoms with E-state index in [-0.39, 0.29) is 24.9 Å². The summed E-state index contributed by atoms with van der Waals surface area (Å²) in [5, 5.41) is 7.37. The normalized spacial score (nSPS) is 10.9. The van der Waals surface area contributed by atoms with Crippen molar-refractivity contribution in [3.63, 3.8) is 0 Å². The summed E-state index contributed by atoms with van der Waals surface area (Å²) in [5.41, 5.74) is 8.90. The van der Waals surface area contributed by atoms with Crippen LogP contribution in [0.3, 0.4) is 0 Å². The van der Waals surface area contributed by atoms with Crippen molar-refractivity contribution in [2.75, 3.05) is 12.3 Å². The van der Waals surface area contributed by atoms with Crippen LogP contribution in [-0.2, 0) is 27.3 Å². The molecule has 1 amide bonds. The van der Waals surface area contributed by atoms with E-state index in [1.165, 1.54) is 0 Å². The van der Waals surface area contributed by atoms with Crippen molar-refractivity contribution >= 4 is 35.2 Å². The van der Waals surface area contributed by atoms with Gasteiger partial charge in [0.15, 0.2) is 6.61 Å². The number of carbonyl (C=O) groups excluding carboxylic acids is 2. The maximum atomic E-state index is 12.0. The van der Waals surface area contributed by atoms with Gasteiger partial charge < -0.3 is 15.8 Å². The number of nitrogens with one attached hydrogen (secondary N) is 1. The molecule has 3 N–H and O–H groups in total. The molecule has 9 nitrogen and oxygen atoms in total. The molecule has 0 unspecified atom stereocenters. The van der Waals surface area contributed by atoms with Crippen LogP contribution in [0.4, 0.5) is 5.95 Å². The van der Waals surface area contributed by atoms with Gasteiger partial charge in [-0.1, -0.05) is 23.7 Å². The van der Waals surface area contributed by atoms with Gasteiger partial charge in [-0.2, -0.15) is 9.50 Å². The summed E-state index contributed by atoms with van der Waals surface area (Å²) in [6, 6.07) is 7.15. The molecule has 152 valence electrons. The zero-order chi connectivity index (χ0) is 21.0. The van der Waals surface area contributed by atoms with Crippen molar-refractivity contribution in [2.45, 2.75) is 33.2 Å². The summed E-state index contributed by atoms with van der Waals surface area (Å²) in [5.74, 6) is -0.299. The Morgan fingerprint density at radius 2 is 2.07 bits per heavy atom. The minimum atomic E-state index is -0.472. The first-order chi connectivity index (χ1) is 13.8. The number of rotatable bonds is 7. The molecule has 2 heterocycles. The number of benzene rings is 1. The molecule has 0 fully saturated rings. The van der Waals surface area contributed by atoms with Crippen molar-refractivity contribution in [2.24, 2.45) is 0 Å². The van der Waals surface area contributed by atoms with Gasteiger partial charge >= 0.3 is 5.97 Å². The lowest BCUT2D eigenvalue weighted by atomic mass is 10.1. The largest absolute Gasteiger partial charge is 0.456 e. The van der Waals surface area contributed by atoms with Gasteiger partial charge in [-0.25, -0.2) is 4.98 Å². The number of ether oxygens (including phenoxy) is 1. The minimum Gasteiger partial charge on any atom is -0.456 e. The molecule has 0 aliphatic rings. The Labute approximate surface area is 172 Å². The van der Waals surface area contributed by atoms with E-state index in [0.717, 1.165) is 22.5 Å². The van der Waals surface area contributed by atoms with E-state index < -0.39 is 5.97 Å². The van der Waals surface area contributed by atoms with Crippen LogP contribution >= 0.6 is 11.6 Å². The van der Waals surface area contributed by atoms with Crippen molar-refractivity contribution in [3.8, 4) is 0 Å². The average molecular weight is 417 g/mol. The number of nitrogens with two attached hydrogens (primary N) is 1. The molecule has 3 rings (SSSR count). The molecule has 0 aliphatic heterocycles. The molecule has 0 bridgehead atoms. The number of aromatic nitrogens is 4. The molecule has 29 heavy (non-hydrogen) atoms. The van der Waals surface area contributed by atoms with Gasteiger partial charge in [0, 0.05) is 29.4 Å². The summed E-state index contributed by atoms with van der Waals surface area (Å²) in [6.45, 7) is 3.66. The number of aryl methyl sites for hydroxylation is 2. The summed E-state index contributed by atoms with van der Waals surface area (Å²) in [6.07, 6.45) is 0.518. The monoisotopic (exact) mass is 416 g/mol. The molecule has 0 atom stereocenters. The summed E-state index contributed by atoms with van der Waals surface area (Å²) < 4.78 is 6.60. The van der Waals surface area contributed by atoms with Gasteiger partial charge in [-0.05, 0) is 43.5 Å². The molecule has 2 aromatic heterocycles. The number of fused-ring (bicyclic) bond motifs is 1. The fraction of sp³-hybridized carbons (Fsp3) is 0.316. The highest BCUT2D eigenvalue weighted by Gasteiger charge is 2.15. The van der Waals surface area contributed by atoms with Crippen LogP contribution in [0.25, 0.3) is 5.78 Å². The molecule has 10 heteroatoms. The van der Waals surface area contributed by atoms with Gasteiger partial charge in [-0.15, -0.1) is 5.10 Å². The van der Waals surface area contributed by atoms with Crippen molar-refractivity contribution in [1.29, 1.82) is 0 Å². The number of nitrogen functional groups attached to an aromatic ring is 1. The number of hydrogen-bond acceptors (Lipinski definition) is 7. The lowest BCUT2D eigenvalue weighted by molar-refractivity contribution is -0.148. The van der Waals surface area contributed by atoms with Crippen LogP contribution in [0.15, 0.2) is 24.3 Å². The van der Waals surface area contributed by atoms with Crippen LogP contribution < -0.4 is 11.1 Å². The smallest absolute Gasteiger partial charge is 0.306 e. The lowest BCUT2D eigenvalue weighted by Gasteiger charge is -2.10. The summed E-state index contributed by atoms with van der Waals surface area (Å²) in [4.78, 5) is 32.3. The number of halogens is 1. The fourth-order valence-electron chi connectivity index (χ4n) is 2.93. The van der Waals surface area contributed by atoms with E-state index in [9.17, 15) is 9.59 Å². The highest BCUT2D eigenvalue weighted by atomic mass is 35.5. The quantitative estimate of drug-likeness (QED) is 0.562. The standard InChI is InChI=1S/C19H21ClN6O3/c1-11-15(12(2)26-19(23-11)24-18(21)25-26)6-7-17(28)29-10-16(27)22-9-13-4-3-5-14(20)8-13/h3-5,8H,6-7,9-10H2,1-2H3,(H2,21,25)(H,22,27). The van der Waals surface area contributed by atoms with E-state index in [4.69, 9.17) is 22.1 Å². The Morgan fingerprint density at radius 1 is 1.28 bits per heavy atom. The first-order valence-electron chi connectivity index (χ1n) is 8.98. The first-order valence-corrected chi connectivity index (χ1v) is 9.36. The van der Waals surface area contributed by atoms with Gasteiger partial charge in [-0.3, -0.25) is 9.59 Å². The number of nitrogens with zero attached hydrogens (tertiary/aromatic N) is 4. The number of anilines is 1. The Hall–Kier alpha value is -3.20. The zero-order valence-corrected chi connectivity index (χ0v) is 16.9. The predicted octanol–water partition coefficient (Wildman–Crippen LogP) is 1.77. The number of hydrogen-bond donors (Lipinski definition) is 2. The summed E-state index contributed by atoms with van der Waals surface area (Å²) >= 11 is 5.90. The Balaban J connectivity index is 1.48. The predicted molar refractivity (Wildman–Crippen MR) is 107 cm³/mol. The van der Waals surface area contributed by atoms with Gasteiger partial charge in [0.2, 0.25) is 5.95 Å². The van der Waals surface area contributed by atoms with E-state index in [2.05, 4.69) is 20.4 Å². The van der Waals surface area contributed by atoms with E-state index >= 15 is 0 Å². The van der Waals surface area contributed by atoms with E-state index in [1.54, 1.807) is 22.7 Å². The molecular weight excluding hydrogens is 396 g/mol. The Morgan fingerprint density at radius 3 is 2.83 bits per heavy atom. The van der Waals surface area contributed by atoms with Crippen molar-refractivity contribution in [3.05, 3.63) is 51.8 Å². The molecule has 0 saturated heterocycles. The second-order valence-electron chi connectivity index (χ2n) is 6.51. The van der Waals surface area contributed by atoms with Crippen molar-refractivity contribution < 1.29 is 14.3 Å². The Kier molecular flexibility index (Phi) is 6.28. The maximum absolute atomic E-state index is 12.0.